The maximum atomic E-state index is 14.6. The van der Waals surface area contributed by atoms with Crippen molar-refractivity contribution in [2.45, 2.75) is 50.2 Å². The second kappa shape index (κ2) is 6.03. The van der Waals surface area contributed by atoms with Gasteiger partial charge in [0.15, 0.2) is 5.82 Å². The van der Waals surface area contributed by atoms with Gasteiger partial charge in [0.1, 0.15) is 11.6 Å². The highest BCUT2D eigenvalue weighted by Gasteiger charge is 2.60. The smallest absolute Gasteiger partial charge is 0.352 e. The number of aliphatic hydroxyl groups is 1. The molecule has 2 aliphatic rings. The van der Waals surface area contributed by atoms with Crippen LogP contribution in [0.3, 0.4) is 0 Å². The first-order valence-electron chi connectivity index (χ1n) is 8.14. The van der Waals surface area contributed by atoms with Crippen LogP contribution in [0.5, 0.6) is 0 Å². The van der Waals surface area contributed by atoms with Gasteiger partial charge in [0.25, 0.3) is 5.91 Å². The van der Waals surface area contributed by atoms with Crippen molar-refractivity contribution in [3.05, 3.63) is 11.7 Å². The van der Waals surface area contributed by atoms with E-state index in [1.165, 1.54) is 0 Å². The lowest BCUT2D eigenvalue weighted by Gasteiger charge is -2.41. The Labute approximate surface area is 138 Å². The third-order valence-electron chi connectivity index (χ3n) is 5.05. The molecule has 1 aliphatic carbocycles. The van der Waals surface area contributed by atoms with Crippen LogP contribution in [-0.2, 0) is 4.79 Å². The topological polar surface area (TPSA) is 82.7 Å². The van der Waals surface area contributed by atoms with Gasteiger partial charge < -0.3 is 14.5 Å². The number of aryl methyl sites for hydroxylation is 1. The lowest BCUT2D eigenvalue weighted by molar-refractivity contribution is -0.202. The lowest BCUT2D eigenvalue weighted by atomic mass is 9.92. The third kappa shape index (κ3) is 2.79. The standard InChI is InChI=1S/C15H22F2N4O3/c1-10-18-12(24-19-10)11-9-21(8-7-20(11)2)13(22)15(16,17)14(23)5-3-4-6-14/h11,23H,3-9H2,1-2H3/t11-/m0/s1. The summed E-state index contributed by atoms with van der Waals surface area (Å²) in [6.07, 6.45) is 0.912. The number of piperazine rings is 1. The van der Waals surface area contributed by atoms with Crippen molar-refractivity contribution >= 4 is 5.91 Å². The zero-order chi connectivity index (χ0) is 17.5. The molecule has 1 saturated carbocycles. The molecule has 9 heteroatoms. The summed E-state index contributed by atoms with van der Waals surface area (Å²) >= 11 is 0. The predicted octanol–water partition coefficient (Wildman–Crippen LogP) is 1.13. The predicted molar refractivity (Wildman–Crippen MR) is 79.4 cm³/mol. The van der Waals surface area contributed by atoms with E-state index in [-0.39, 0.29) is 25.9 Å². The zero-order valence-corrected chi connectivity index (χ0v) is 13.8. The Kier molecular flexibility index (Phi) is 4.33. The Morgan fingerprint density at radius 1 is 1.38 bits per heavy atom. The number of hydrogen-bond acceptors (Lipinski definition) is 6. The molecule has 0 radical (unpaired) electrons. The SMILES string of the molecule is Cc1noc([C@@H]2CN(C(=O)C(F)(F)C3(O)CCCC3)CCN2C)n1. The van der Waals surface area contributed by atoms with Gasteiger partial charge in [-0.15, -0.1) is 0 Å². The highest BCUT2D eigenvalue weighted by molar-refractivity contribution is 5.85. The minimum absolute atomic E-state index is 0.0304. The van der Waals surface area contributed by atoms with Gasteiger partial charge in [-0.25, -0.2) is 0 Å². The van der Waals surface area contributed by atoms with E-state index in [0.717, 1.165) is 4.90 Å². The Balaban J connectivity index is 1.78. The Bertz CT molecular complexity index is 616. The molecular weight excluding hydrogens is 322 g/mol. The zero-order valence-electron chi connectivity index (χ0n) is 13.8. The number of nitrogens with zero attached hydrogens (tertiary/aromatic N) is 4. The molecule has 0 bridgehead atoms. The molecule has 7 nitrogen and oxygen atoms in total. The van der Waals surface area contributed by atoms with Gasteiger partial charge in [-0.3, -0.25) is 9.69 Å². The molecule has 1 aromatic rings. The minimum atomic E-state index is -3.78. The van der Waals surface area contributed by atoms with E-state index in [1.807, 2.05) is 11.9 Å². The van der Waals surface area contributed by atoms with Crippen LogP contribution < -0.4 is 0 Å². The summed E-state index contributed by atoms with van der Waals surface area (Å²) in [5.41, 5.74) is -2.23. The normalized spacial score (nSPS) is 25.2. The molecule has 134 valence electrons. The van der Waals surface area contributed by atoms with Crippen LogP contribution in [0.2, 0.25) is 0 Å². The molecule has 2 heterocycles. The van der Waals surface area contributed by atoms with E-state index < -0.39 is 23.5 Å². The van der Waals surface area contributed by atoms with E-state index in [0.29, 0.717) is 31.1 Å². The van der Waals surface area contributed by atoms with E-state index >= 15 is 0 Å². The van der Waals surface area contributed by atoms with Crippen molar-refractivity contribution in [3.63, 3.8) is 0 Å². The van der Waals surface area contributed by atoms with Crippen LogP contribution in [-0.4, -0.2) is 69.2 Å². The largest absolute Gasteiger partial charge is 0.383 e. The average molecular weight is 344 g/mol. The first-order valence-corrected chi connectivity index (χ1v) is 8.14. The molecule has 1 amide bonds. The maximum absolute atomic E-state index is 14.6. The number of alkyl halides is 2. The molecule has 1 aromatic heterocycles. The number of carbonyl (C=O) groups is 1. The summed E-state index contributed by atoms with van der Waals surface area (Å²) in [5.74, 6) is -4.35. The fourth-order valence-electron chi connectivity index (χ4n) is 3.44. The molecule has 0 spiro atoms. The van der Waals surface area contributed by atoms with E-state index in [9.17, 15) is 18.7 Å². The van der Waals surface area contributed by atoms with E-state index in [4.69, 9.17) is 4.52 Å². The van der Waals surface area contributed by atoms with E-state index in [1.54, 1.807) is 6.92 Å². The fourth-order valence-corrected chi connectivity index (χ4v) is 3.44. The number of amides is 1. The fraction of sp³-hybridized carbons (Fsp3) is 0.800. The third-order valence-corrected chi connectivity index (χ3v) is 5.05. The highest BCUT2D eigenvalue weighted by Crippen LogP contribution is 2.43. The summed E-state index contributed by atoms with van der Waals surface area (Å²) in [4.78, 5) is 19.6. The molecule has 1 aliphatic heterocycles. The van der Waals surface area contributed by atoms with Crippen LogP contribution in [0.25, 0.3) is 0 Å². The van der Waals surface area contributed by atoms with Gasteiger partial charge in [-0.1, -0.05) is 18.0 Å². The summed E-state index contributed by atoms with van der Waals surface area (Å²) in [5, 5.41) is 13.9. The number of halogens is 2. The monoisotopic (exact) mass is 344 g/mol. The number of likely N-dealkylation sites (N-methyl/N-ethyl adjacent to an activating group) is 1. The molecule has 2 fully saturated rings. The van der Waals surface area contributed by atoms with Crippen LogP contribution in [0.15, 0.2) is 4.52 Å². The van der Waals surface area contributed by atoms with Crippen LogP contribution in [0, 0.1) is 6.92 Å². The Morgan fingerprint density at radius 3 is 2.62 bits per heavy atom. The quantitative estimate of drug-likeness (QED) is 0.885. The molecule has 0 unspecified atom stereocenters. The average Bonchev–Trinajstić information content (AvgIpc) is 3.17. The number of rotatable bonds is 3. The van der Waals surface area contributed by atoms with Gasteiger partial charge in [-0.05, 0) is 26.8 Å². The van der Waals surface area contributed by atoms with Crippen molar-refractivity contribution in [1.82, 2.24) is 19.9 Å². The minimum Gasteiger partial charge on any atom is -0.383 e. The van der Waals surface area contributed by atoms with Gasteiger partial charge in [0.2, 0.25) is 5.89 Å². The molecule has 1 atom stereocenters. The van der Waals surface area contributed by atoms with E-state index in [2.05, 4.69) is 10.1 Å². The second-order valence-electron chi connectivity index (χ2n) is 6.74. The van der Waals surface area contributed by atoms with Crippen LogP contribution in [0.1, 0.15) is 43.4 Å². The molecule has 1 saturated heterocycles. The molecule has 1 N–H and O–H groups in total. The molecule has 3 rings (SSSR count). The van der Waals surface area contributed by atoms with Gasteiger partial charge in [-0.2, -0.15) is 13.8 Å². The first kappa shape index (κ1) is 17.2. The molecule has 0 aromatic carbocycles. The maximum Gasteiger partial charge on any atom is 0.352 e. The van der Waals surface area contributed by atoms with Crippen molar-refractivity contribution in [3.8, 4) is 0 Å². The van der Waals surface area contributed by atoms with Gasteiger partial charge in [0.05, 0.1) is 0 Å². The van der Waals surface area contributed by atoms with Crippen molar-refractivity contribution in [1.29, 1.82) is 0 Å². The molecular formula is C15H22F2N4O3. The number of carbonyl (C=O) groups excluding carboxylic acids is 1. The number of hydrogen-bond donors (Lipinski definition) is 1. The summed E-state index contributed by atoms with van der Waals surface area (Å²) in [6, 6.07) is -0.432. The van der Waals surface area contributed by atoms with Gasteiger partial charge >= 0.3 is 5.92 Å². The van der Waals surface area contributed by atoms with Crippen molar-refractivity contribution < 1.29 is 23.2 Å². The molecule has 24 heavy (non-hydrogen) atoms. The van der Waals surface area contributed by atoms with Crippen molar-refractivity contribution in [2.75, 3.05) is 26.7 Å². The summed E-state index contributed by atoms with van der Waals surface area (Å²) < 4.78 is 34.4. The first-order chi connectivity index (χ1) is 11.2. The summed E-state index contributed by atoms with van der Waals surface area (Å²) in [7, 11) is 1.81. The Morgan fingerprint density at radius 2 is 2.04 bits per heavy atom. The van der Waals surface area contributed by atoms with Crippen LogP contribution >= 0.6 is 0 Å². The number of aromatic nitrogens is 2. The van der Waals surface area contributed by atoms with Gasteiger partial charge in [0, 0.05) is 19.6 Å². The van der Waals surface area contributed by atoms with Crippen molar-refractivity contribution in [2.24, 2.45) is 0 Å². The highest BCUT2D eigenvalue weighted by atomic mass is 19.3. The Hall–Kier alpha value is -1.61. The second-order valence-corrected chi connectivity index (χ2v) is 6.74. The van der Waals surface area contributed by atoms with Crippen LogP contribution in [0.4, 0.5) is 8.78 Å². The summed E-state index contributed by atoms with van der Waals surface area (Å²) in [6.45, 7) is 2.28. The lowest BCUT2D eigenvalue weighted by Crippen LogP contribution is -2.60.